The lowest BCUT2D eigenvalue weighted by Crippen LogP contribution is -2.40. The van der Waals surface area contributed by atoms with Gasteiger partial charge < -0.3 is 0 Å². The SMILES string of the molecule is Cc1ccc(N2C(=O)CC(c3ccc(Cl)cc3Cl)C3=C2CCCC3=O)cc1Cl. The Morgan fingerprint density at radius 1 is 0.964 bits per heavy atom. The zero-order valence-electron chi connectivity index (χ0n) is 15.3. The number of rotatable bonds is 2. The number of hydrogen-bond acceptors (Lipinski definition) is 2. The molecule has 0 spiro atoms. The molecule has 2 aromatic carbocycles. The molecule has 4 rings (SSSR count). The van der Waals surface area contributed by atoms with E-state index in [9.17, 15) is 9.59 Å². The number of halogens is 3. The summed E-state index contributed by atoms with van der Waals surface area (Å²) >= 11 is 18.7. The number of nitrogens with zero attached hydrogens (tertiary/aromatic N) is 1. The molecule has 144 valence electrons. The fourth-order valence-electron chi connectivity index (χ4n) is 4.06. The van der Waals surface area contributed by atoms with E-state index in [1.165, 1.54) is 0 Å². The highest BCUT2D eigenvalue weighted by molar-refractivity contribution is 6.35. The third-order valence-electron chi connectivity index (χ3n) is 5.43. The maximum atomic E-state index is 13.2. The van der Waals surface area contributed by atoms with E-state index in [0.29, 0.717) is 39.2 Å². The molecule has 1 heterocycles. The predicted molar refractivity (Wildman–Crippen MR) is 113 cm³/mol. The molecule has 0 aromatic heterocycles. The number of amides is 1. The minimum Gasteiger partial charge on any atom is -0.294 e. The fraction of sp³-hybridized carbons (Fsp3) is 0.273. The van der Waals surface area contributed by atoms with Gasteiger partial charge in [0.1, 0.15) is 0 Å². The minimum atomic E-state index is -0.350. The molecule has 6 heteroatoms. The number of carbonyl (C=O) groups is 2. The lowest BCUT2D eigenvalue weighted by Gasteiger charge is -2.38. The molecule has 0 radical (unpaired) electrons. The van der Waals surface area contributed by atoms with Gasteiger partial charge in [0.05, 0.1) is 5.69 Å². The average molecular weight is 435 g/mol. The van der Waals surface area contributed by atoms with Gasteiger partial charge in [0.15, 0.2) is 5.78 Å². The highest BCUT2D eigenvalue weighted by atomic mass is 35.5. The Kier molecular flexibility index (Phi) is 5.26. The molecule has 1 atom stereocenters. The summed E-state index contributed by atoms with van der Waals surface area (Å²) in [5, 5.41) is 1.59. The van der Waals surface area contributed by atoms with Crippen LogP contribution in [0.3, 0.4) is 0 Å². The third kappa shape index (κ3) is 3.36. The number of hydrogen-bond donors (Lipinski definition) is 0. The number of anilines is 1. The Bertz CT molecular complexity index is 1030. The first-order valence-electron chi connectivity index (χ1n) is 9.17. The number of allylic oxidation sites excluding steroid dienone is 2. The highest BCUT2D eigenvalue weighted by Gasteiger charge is 2.40. The Hall–Kier alpha value is -1.81. The number of aryl methyl sites for hydroxylation is 1. The van der Waals surface area contributed by atoms with Crippen molar-refractivity contribution in [1.29, 1.82) is 0 Å². The van der Waals surface area contributed by atoms with Crippen LogP contribution >= 0.6 is 34.8 Å². The molecule has 28 heavy (non-hydrogen) atoms. The number of ketones is 1. The van der Waals surface area contributed by atoms with Crippen molar-refractivity contribution in [2.75, 3.05) is 4.90 Å². The second-order valence-electron chi connectivity index (χ2n) is 7.22. The van der Waals surface area contributed by atoms with E-state index in [1.54, 1.807) is 23.1 Å². The van der Waals surface area contributed by atoms with E-state index in [2.05, 4.69) is 0 Å². The molecule has 1 aliphatic carbocycles. The molecule has 2 aliphatic rings. The van der Waals surface area contributed by atoms with Crippen LogP contribution < -0.4 is 4.90 Å². The molecule has 1 unspecified atom stereocenters. The summed E-state index contributed by atoms with van der Waals surface area (Å²) in [5.41, 5.74) is 3.86. The predicted octanol–water partition coefficient (Wildman–Crippen LogP) is 6.48. The van der Waals surface area contributed by atoms with Crippen LogP contribution in [0.2, 0.25) is 15.1 Å². The first-order chi connectivity index (χ1) is 13.4. The molecule has 2 aromatic rings. The maximum absolute atomic E-state index is 13.2. The quantitative estimate of drug-likeness (QED) is 0.542. The van der Waals surface area contributed by atoms with Gasteiger partial charge in [-0.3, -0.25) is 14.5 Å². The standard InChI is InChI=1S/C22H18Cl3NO2/c1-12-5-7-14(10-17(12)24)26-19-3-2-4-20(27)22(19)16(11-21(26)28)15-8-6-13(23)9-18(15)25/h5-10,16H,2-4,11H2,1H3. The van der Waals surface area contributed by atoms with Crippen LogP contribution in [-0.4, -0.2) is 11.7 Å². The Labute approximate surface area is 178 Å². The molecule has 0 fully saturated rings. The van der Waals surface area contributed by atoms with Crippen LogP contribution in [0.5, 0.6) is 0 Å². The molecule has 0 saturated carbocycles. The first-order valence-corrected chi connectivity index (χ1v) is 10.3. The summed E-state index contributed by atoms with van der Waals surface area (Å²) < 4.78 is 0. The van der Waals surface area contributed by atoms with Crippen LogP contribution in [0, 0.1) is 6.92 Å². The number of Topliss-reactive ketones (excluding diaryl/α,β-unsaturated/α-hetero) is 1. The van der Waals surface area contributed by atoms with Gasteiger partial charge in [-0.15, -0.1) is 0 Å². The summed E-state index contributed by atoms with van der Waals surface area (Å²) in [7, 11) is 0. The largest absolute Gasteiger partial charge is 0.294 e. The van der Waals surface area contributed by atoms with E-state index >= 15 is 0 Å². The summed E-state index contributed by atoms with van der Waals surface area (Å²) in [6.07, 6.45) is 2.05. The van der Waals surface area contributed by atoms with Crippen LogP contribution in [-0.2, 0) is 9.59 Å². The Balaban J connectivity index is 1.88. The van der Waals surface area contributed by atoms with E-state index in [4.69, 9.17) is 34.8 Å². The maximum Gasteiger partial charge on any atom is 0.232 e. The molecule has 3 nitrogen and oxygen atoms in total. The molecule has 0 saturated heterocycles. The third-order valence-corrected chi connectivity index (χ3v) is 6.40. The lowest BCUT2D eigenvalue weighted by molar-refractivity contribution is -0.119. The van der Waals surface area contributed by atoms with Gasteiger partial charge in [0, 0.05) is 45.1 Å². The van der Waals surface area contributed by atoms with Gasteiger partial charge >= 0.3 is 0 Å². The average Bonchev–Trinajstić information content (AvgIpc) is 2.64. The van der Waals surface area contributed by atoms with Gasteiger partial charge in [-0.1, -0.05) is 46.9 Å². The van der Waals surface area contributed by atoms with Crippen molar-refractivity contribution in [2.24, 2.45) is 0 Å². The molecule has 1 amide bonds. The van der Waals surface area contributed by atoms with Gasteiger partial charge in [-0.05, 0) is 55.2 Å². The number of benzene rings is 2. The van der Waals surface area contributed by atoms with Crippen LogP contribution in [0.1, 0.15) is 42.7 Å². The Morgan fingerprint density at radius 2 is 1.75 bits per heavy atom. The van der Waals surface area contributed by atoms with Crippen molar-refractivity contribution >= 4 is 52.2 Å². The highest BCUT2D eigenvalue weighted by Crippen LogP contribution is 2.45. The normalized spacial score (nSPS) is 19.9. The van der Waals surface area contributed by atoms with Crippen molar-refractivity contribution in [1.82, 2.24) is 0 Å². The number of carbonyl (C=O) groups excluding carboxylic acids is 2. The van der Waals surface area contributed by atoms with Gasteiger partial charge in [0.25, 0.3) is 0 Å². The van der Waals surface area contributed by atoms with Crippen molar-refractivity contribution in [3.8, 4) is 0 Å². The second-order valence-corrected chi connectivity index (χ2v) is 8.47. The topological polar surface area (TPSA) is 37.4 Å². The van der Waals surface area contributed by atoms with Gasteiger partial charge in [0.2, 0.25) is 5.91 Å². The van der Waals surface area contributed by atoms with Crippen LogP contribution in [0.15, 0.2) is 47.7 Å². The lowest BCUT2D eigenvalue weighted by atomic mass is 9.77. The van der Waals surface area contributed by atoms with Crippen LogP contribution in [0.4, 0.5) is 5.69 Å². The summed E-state index contributed by atoms with van der Waals surface area (Å²) in [4.78, 5) is 27.8. The van der Waals surface area contributed by atoms with E-state index in [0.717, 1.165) is 23.2 Å². The van der Waals surface area contributed by atoms with Gasteiger partial charge in [-0.2, -0.15) is 0 Å². The van der Waals surface area contributed by atoms with Crippen molar-refractivity contribution in [3.05, 3.63) is 73.9 Å². The Morgan fingerprint density at radius 3 is 2.46 bits per heavy atom. The van der Waals surface area contributed by atoms with E-state index in [-0.39, 0.29) is 24.0 Å². The van der Waals surface area contributed by atoms with Crippen molar-refractivity contribution in [3.63, 3.8) is 0 Å². The smallest absolute Gasteiger partial charge is 0.232 e. The van der Waals surface area contributed by atoms with Crippen molar-refractivity contribution < 1.29 is 9.59 Å². The van der Waals surface area contributed by atoms with E-state index < -0.39 is 0 Å². The van der Waals surface area contributed by atoms with Crippen LogP contribution in [0.25, 0.3) is 0 Å². The minimum absolute atomic E-state index is 0.0654. The summed E-state index contributed by atoms with van der Waals surface area (Å²) in [6.45, 7) is 1.91. The van der Waals surface area contributed by atoms with Gasteiger partial charge in [-0.25, -0.2) is 0 Å². The van der Waals surface area contributed by atoms with Crippen molar-refractivity contribution in [2.45, 2.75) is 38.5 Å². The molecule has 1 aliphatic heterocycles. The monoisotopic (exact) mass is 433 g/mol. The molecular formula is C22H18Cl3NO2. The zero-order valence-corrected chi connectivity index (χ0v) is 17.5. The fourth-order valence-corrected chi connectivity index (χ4v) is 4.78. The van der Waals surface area contributed by atoms with E-state index in [1.807, 2.05) is 25.1 Å². The molecule has 0 N–H and O–H groups in total. The second kappa shape index (κ2) is 7.55. The summed E-state index contributed by atoms with van der Waals surface area (Å²) in [6, 6.07) is 10.8. The summed E-state index contributed by atoms with van der Waals surface area (Å²) in [5.74, 6) is -0.338. The first kappa shape index (κ1) is 19.5. The molecule has 0 bridgehead atoms. The zero-order chi connectivity index (χ0) is 20.0. The molecular weight excluding hydrogens is 417 g/mol.